The molecule has 0 spiro atoms. The topological polar surface area (TPSA) is 35.6 Å². The van der Waals surface area contributed by atoms with E-state index in [-0.39, 0.29) is 11.6 Å². The lowest BCUT2D eigenvalue weighted by molar-refractivity contribution is -0.137. The van der Waals surface area contributed by atoms with Gasteiger partial charge in [0.1, 0.15) is 0 Å². The van der Waals surface area contributed by atoms with Gasteiger partial charge in [-0.1, -0.05) is 0 Å². The van der Waals surface area contributed by atoms with E-state index in [0.29, 0.717) is 11.8 Å². The molecule has 1 N–H and O–H groups in total. The molecule has 1 amide bonds. The van der Waals surface area contributed by atoms with E-state index in [0.717, 1.165) is 38.6 Å². The zero-order chi connectivity index (χ0) is 13.6. The summed E-state index contributed by atoms with van der Waals surface area (Å²) in [6.45, 7) is 12.0. The van der Waals surface area contributed by atoms with E-state index in [1.807, 2.05) is 0 Å². The summed E-state index contributed by atoms with van der Waals surface area (Å²) in [5.74, 6) is 1.77. The Morgan fingerprint density at radius 2 is 1.95 bits per heavy atom. The summed E-state index contributed by atoms with van der Waals surface area (Å²) < 4.78 is 0. The van der Waals surface area contributed by atoms with Crippen molar-refractivity contribution in [2.45, 2.75) is 45.2 Å². The summed E-state index contributed by atoms with van der Waals surface area (Å²) >= 11 is 0. The molecule has 0 bridgehead atoms. The molecule has 3 aliphatic rings. The molecule has 3 fully saturated rings. The van der Waals surface area contributed by atoms with Crippen LogP contribution in [-0.4, -0.2) is 60.0 Å². The van der Waals surface area contributed by atoms with Crippen molar-refractivity contribution >= 4 is 5.91 Å². The van der Waals surface area contributed by atoms with Crippen LogP contribution in [0.1, 0.15) is 33.6 Å². The molecule has 4 heteroatoms. The summed E-state index contributed by atoms with van der Waals surface area (Å²) in [4.78, 5) is 17.1. The fourth-order valence-electron chi connectivity index (χ4n) is 4.44. The molecule has 0 aromatic carbocycles. The molecule has 0 aliphatic carbocycles. The highest BCUT2D eigenvalue weighted by Gasteiger charge is 2.52. The molecule has 0 aromatic heterocycles. The van der Waals surface area contributed by atoms with E-state index < -0.39 is 0 Å². The number of likely N-dealkylation sites (tertiary alicyclic amines) is 2. The molecule has 3 heterocycles. The van der Waals surface area contributed by atoms with Gasteiger partial charge < -0.3 is 10.2 Å². The highest BCUT2D eigenvalue weighted by molar-refractivity contribution is 5.81. The summed E-state index contributed by atoms with van der Waals surface area (Å²) in [5.41, 5.74) is 0.142. The third-order valence-corrected chi connectivity index (χ3v) is 5.66. The predicted molar refractivity (Wildman–Crippen MR) is 75.9 cm³/mol. The molecular formula is C15H27N3O. The third-order valence-electron chi connectivity index (χ3n) is 5.66. The van der Waals surface area contributed by atoms with Crippen LogP contribution in [0, 0.1) is 11.8 Å². The Kier molecular flexibility index (Phi) is 3.34. The van der Waals surface area contributed by atoms with Crippen LogP contribution in [0.3, 0.4) is 0 Å². The van der Waals surface area contributed by atoms with Crippen LogP contribution < -0.4 is 5.32 Å². The van der Waals surface area contributed by atoms with E-state index >= 15 is 0 Å². The van der Waals surface area contributed by atoms with Gasteiger partial charge in [0.25, 0.3) is 0 Å². The zero-order valence-electron chi connectivity index (χ0n) is 12.5. The van der Waals surface area contributed by atoms with Gasteiger partial charge in [0.15, 0.2) is 0 Å². The lowest BCUT2D eigenvalue weighted by Crippen LogP contribution is -2.54. The maximum atomic E-state index is 12.6. The van der Waals surface area contributed by atoms with E-state index in [1.54, 1.807) is 0 Å². The molecule has 4 nitrogen and oxygen atoms in total. The van der Waals surface area contributed by atoms with E-state index in [4.69, 9.17) is 0 Å². The van der Waals surface area contributed by atoms with Gasteiger partial charge in [0.2, 0.25) is 5.91 Å². The number of carbonyl (C=O) groups excluding carboxylic acids is 1. The van der Waals surface area contributed by atoms with Gasteiger partial charge in [-0.05, 0) is 52.0 Å². The normalized spacial score (nSPS) is 35.6. The van der Waals surface area contributed by atoms with Crippen LogP contribution >= 0.6 is 0 Å². The van der Waals surface area contributed by atoms with Crippen molar-refractivity contribution in [1.82, 2.24) is 15.1 Å². The highest BCUT2D eigenvalue weighted by Crippen LogP contribution is 2.41. The molecular weight excluding hydrogens is 238 g/mol. The highest BCUT2D eigenvalue weighted by atomic mass is 16.2. The number of hydrogen-bond donors (Lipinski definition) is 1. The minimum Gasteiger partial charge on any atom is -0.341 e. The smallest absolute Gasteiger partial charge is 0.239 e. The Balaban J connectivity index is 1.73. The van der Waals surface area contributed by atoms with Crippen molar-refractivity contribution in [2.75, 3.05) is 32.7 Å². The second-order valence-electron chi connectivity index (χ2n) is 7.04. The van der Waals surface area contributed by atoms with Gasteiger partial charge in [-0.25, -0.2) is 0 Å². The Hall–Kier alpha value is -0.610. The van der Waals surface area contributed by atoms with Crippen LogP contribution in [0.5, 0.6) is 0 Å². The molecule has 19 heavy (non-hydrogen) atoms. The number of nitrogens with zero attached hydrogens (tertiary/aromatic N) is 2. The minimum atomic E-state index is 0.0405. The Morgan fingerprint density at radius 3 is 2.58 bits per heavy atom. The van der Waals surface area contributed by atoms with E-state index in [1.165, 1.54) is 12.8 Å². The molecule has 108 valence electrons. The van der Waals surface area contributed by atoms with Gasteiger partial charge in [0.05, 0.1) is 6.04 Å². The van der Waals surface area contributed by atoms with E-state index in [9.17, 15) is 4.79 Å². The number of fused-ring (bicyclic) bond motifs is 1. The lowest BCUT2D eigenvalue weighted by atomic mass is 9.84. The molecule has 0 radical (unpaired) electrons. The average Bonchev–Trinajstić information content (AvgIpc) is 3.06. The first-order valence-electron chi connectivity index (χ1n) is 7.78. The Labute approximate surface area is 116 Å². The molecule has 3 atom stereocenters. The summed E-state index contributed by atoms with van der Waals surface area (Å²) in [6.07, 6.45) is 2.36. The van der Waals surface area contributed by atoms with E-state index in [2.05, 4.69) is 35.9 Å². The lowest BCUT2D eigenvalue weighted by Gasteiger charge is -2.40. The number of rotatable bonds is 2. The Bertz CT molecular complexity index is 362. The minimum absolute atomic E-state index is 0.0405. The SMILES string of the molecule is CC(C(=O)N1CCCC1)N1CC2CNCC2C1(C)C. The van der Waals surface area contributed by atoms with Crippen molar-refractivity contribution in [2.24, 2.45) is 11.8 Å². The van der Waals surface area contributed by atoms with Crippen molar-refractivity contribution in [1.29, 1.82) is 0 Å². The molecule has 3 aliphatic heterocycles. The van der Waals surface area contributed by atoms with Crippen molar-refractivity contribution in [3.63, 3.8) is 0 Å². The first-order valence-corrected chi connectivity index (χ1v) is 7.78. The van der Waals surface area contributed by atoms with Gasteiger partial charge >= 0.3 is 0 Å². The Morgan fingerprint density at radius 1 is 1.26 bits per heavy atom. The number of amides is 1. The average molecular weight is 265 g/mol. The fourth-order valence-corrected chi connectivity index (χ4v) is 4.44. The van der Waals surface area contributed by atoms with Crippen LogP contribution in [-0.2, 0) is 4.79 Å². The number of hydrogen-bond acceptors (Lipinski definition) is 3. The van der Waals surface area contributed by atoms with Gasteiger partial charge in [-0.2, -0.15) is 0 Å². The first-order chi connectivity index (χ1) is 9.01. The van der Waals surface area contributed by atoms with Crippen LogP contribution in [0.2, 0.25) is 0 Å². The van der Waals surface area contributed by atoms with Gasteiger partial charge in [-0.3, -0.25) is 9.69 Å². The monoisotopic (exact) mass is 265 g/mol. The summed E-state index contributed by atoms with van der Waals surface area (Å²) in [5, 5.41) is 3.50. The van der Waals surface area contributed by atoms with Crippen LogP contribution in [0.15, 0.2) is 0 Å². The maximum Gasteiger partial charge on any atom is 0.239 e. The van der Waals surface area contributed by atoms with Crippen molar-refractivity contribution in [3.05, 3.63) is 0 Å². The molecule has 3 rings (SSSR count). The molecule has 0 aromatic rings. The van der Waals surface area contributed by atoms with Gasteiger partial charge in [0, 0.05) is 31.7 Å². The zero-order valence-corrected chi connectivity index (χ0v) is 12.5. The summed E-state index contributed by atoms with van der Waals surface area (Å²) in [7, 11) is 0. The van der Waals surface area contributed by atoms with Crippen molar-refractivity contribution in [3.8, 4) is 0 Å². The van der Waals surface area contributed by atoms with Crippen LogP contribution in [0.4, 0.5) is 0 Å². The van der Waals surface area contributed by atoms with Crippen molar-refractivity contribution < 1.29 is 4.79 Å². The maximum absolute atomic E-state index is 12.6. The number of carbonyl (C=O) groups is 1. The first kappa shape index (κ1) is 13.4. The largest absolute Gasteiger partial charge is 0.341 e. The molecule has 3 unspecified atom stereocenters. The predicted octanol–water partition coefficient (Wildman–Crippen LogP) is 0.927. The van der Waals surface area contributed by atoms with Gasteiger partial charge in [-0.15, -0.1) is 0 Å². The number of nitrogens with one attached hydrogen (secondary N) is 1. The standard InChI is InChI=1S/C15H27N3O/c1-11(14(19)17-6-4-5-7-17)18-10-12-8-16-9-13(12)15(18,2)3/h11-13,16H,4-10H2,1-3H3. The molecule has 0 saturated carbocycles. The quantitative estimate of drug-likeness (QED) is 0.807. The van der Waals surface area contributed by atoms with Crippen LogP contribution in [0.25, 0.3) is 0 Å². The molecule has 3 saturated heterocycles. The fraction of sp³-hybridized carbons (Fsp3) is 0.933. The second-order valence-corrected chi connectivity index (χ2v) is 7.04. The second kappa shape index (κ2) is 4.74. The third kappa shape index (κ3) is 2.09. The summed E-state index contributed by atoms with van der Waals surface area (Å²) in [6, 6.07) is 0.0405.